The molecular formula is C36H48O7S. The fraction of sp³-hybridized carbons (Fsp3) is 0.500. The van der Waals surface area contributed by atoms with Gasteiger partial charge in [0.2, 0.25) is 0 Å². The maximum absolute atomic E-state index is 13.9. The molecule has 44 heavy (non-hydrogen) atoms. The molecule has 0 fully saturated rings. The number of sulfone groups is 1. The van der Waals surface area contributed by atoms with E-state index in [0.29, 0.717) is 60.2 Å². The van der Waals surface area contributed by atoms with Gasteiger partial charge in [-0.1, -0.05) is 41.5 Å². The highest BCUT2D eigenvalue weighted by atomic mass is 32.2. The normalized spacial score (nSPS) is 15.3. The molecule has 0 unspecified atom stereocenters. The zero-order valence-electron chi connectivity index (χ0n) is 28.0. The predicted molar refractivity (Wildman–Crippen MR) is 176 cm³/mol. The minimum Gasteiger partial charge on any atom is -0.496 e. The highest BCUT2D eigenvalue weighted by molar-refractivity contribution is 7.91. The van der Waals surface area contributed by atoms with Gasteiger partial charge < -0.3 is 23.7 Å². The Hall–Kier alpha value is -2.91. The van der Waals surface area contributed by atoms with E-state index < -0.39 is 9.84 Å². The first-order valence-electron chi connectivity index (χ1n) is 15.1. The average Bonchev–Trinajstić information content (AvgIpc) is 2.92. The Balaban J connectivity index is 2.20. The lowest BCUT2D eigenvalue weighted by molar-refractivity contribution is 0.00651. The van der Waals surface area contributed by atoms with Gasteiger partial charge in [0.1, 0.15) is 11.5 Å². The van der Waals surface area contributed by atoms with Crippen molar-refractivity contribution in [3.8, 4) is 33.8 Å². The summed E-state index contributed by atoms with van der Waals surface area (Å²) in [6.45, 7) is 17.0. The molecule has 0 saturated carbocycles. The molecule has 240 valence electrons. The molecule has 3 aromatic carbocycles. The standard InChI is InChI=1S/C36H48O7S/c1-23-15-30-28-19-26(35(2,3)4)17-24(32(28)39-8)21-42-13-11-41-12-14-43-22-25-18-27(36(5,6)7)20-29(33(25)40-9)31(16-23)34(30)44(10,37)38/h15-20H,11-14,21-22H2,1-10H3. The zero-order chi connectivity index (χ0) is 32.4. The molecule has 0 aliphatic carbocycles. The third-order valence-electron chi connectivity index (χ3n) is 7.92. The summed E-state index contributed by atoms with van der Waals surface area (Å²) < 4.78 is 57.7. The van der Waals surface area contributed by atoms with Crippen LogP contribution in [0, 0.1) is 6.92 Å². The predicted octanol–water partition coefficient (Wildman–Crippen LogP) is 7.41. The lowest BCUT2D eigenvalue weighted by atomic mass is 9.82. The average molecular weight is 625 g/mol. The molecule has 0 N–H and O–H groups in total. The van der Waals surface area contributed by atoms with E-state index in [1.807, 2.05) is 19.1 Å². The largest absolute Gasteiger partial charge is 0.496 e. The highest BCUT2D eigenvalue weighted by Gasteiger charge is 2.29. The Morgan fingerprint density at radius 1 is 0.614 bits per heavy atom. The minimum atomic E-state index is -3.77. The van der Waals surface area contributed by atoms with Gasteiger partial charge in [-0.2, -0.15) is 0 Å². The molecule has 0 atom stereocenters. The van der Waals surface area contributed by atoms with Crippen molar-refractivity contribution < 1.29 is 32.1 Å². The van der Waals surface area contributed by atoms with Crippen molar-refractivity contribution in [2.24, 2.45) is 0 Å². The van der Waals surface area contributed by atoms with E-state index >= 15 is 0 Å². The van der Waals surface area contributed by atoms with Crippen LogP contribution in [0.4, 0.5) is 0 Å². The van der Waals surface area contributed by atoms with Crippen LogP contribution >= 0.6 is 0 Å². The van der Waals surface area contributed by atoms with E-state index in [0.717, 1.165) is 27.8 Å². The number of hydrogen-bond acceptors (Lipinski definition) is 7. The SMILES string of the molecule is COc1c2cc(C(C)(C)C)cc1-c1cc(C)cc(c1S(C)(=O)=O)-c1cc(C(C)(C)C)cc(c1OC)COCCOCCOC2. The Morgan fingerprint density at radius 3 is 1.34 bits per heavy atom. The van der Waals surface area contributed by atoms with Crippen molar-refractivity contribution in [3.63, 3.8) is 0 Å². The fourth-order valence-electron chi connectivity index (χ4n) is 5.62. The number of aryl methyl sites for hydroxylation is 1. The molecule has 0 amide bonds. The molecule has 0 saturated heterocycles. The van der Waals surface area contributed by atoms with Gasteiger partial charge in [0.05, 0.1) is 58.8 Å². The van der Waals surface area contributed by atoms with E-state index in [2.05, 4.69) is 65.8 Å². The fourth-order valence-corrected chi connectivity index (χ4v) is 6.75. The molecule has 0 spiro atoms. The summed E-state index contributed by atoms with van der Waals surface area (Å²) in [5.74, 6) is 1.18. The molecule has 7 nitrogen and oxygen atoms in total. The molecule has 1 aliphatic heterocycles. The van der Waals surface area contributed by atoms with Crippen LogP contribution < -0.4 is 9.47 Å². The van der Waals surface area contributed by atoms with Gasteiger partial charge in [-0.3, -0.25) is 0 Å². The molecule has 6 bridgehead atoms. The van der Waals surface area contributed by atoms with Crippen LogP contribution in [0.2, 0.25) is 0 Å². The zero-order valence-corrected chi connectivity index (χ0v) is 28.8. The molecule has 4 rings (SSSR count). The Bertz CT molecular complexity index is 1510. The second kappa shape index (κ2) is 13.2. The quantitative estimate of drug-likeness (QED) is 0.300. The van der Waals surface area contributed by atoms with Crippen molar-refractivity contribution in [1.82, 2.24) is 0 Å². The molecule has 3 aromatic rings. The monoisotopic (exact) mass is 624 g/mol. The summed E-state index contributed by atoms with van der Waals surface area (Å²) in [6, 6.07) is 12.2. The van der Waals surface area contributed by atoms with Gasteiger partial charge in [0.15, 0.2) is 9.84 Å². The summed E-state index contributed by atoms with van der Waals surface area (Å²) >= 11 is 0. The van der Waals surface area contributed by atoms with E-state index in [1.165, 1.54) is 6.26 Å². The van der Waals surface area contributed by atoms with Gasteiger partial charge in [-0.15, -0.1) is 0 Å². The smallest absolute Gasteiger partial charge is 0.176 e. The van der Waals surface area contributed by atoms with Crippen molar-refractivity contribution >= 4 is 9.84 Å². The molecule has 0 aromatic heterocycles. The first-order valence-corrected chi connectivity index (χ1v) is 17.0. The topological polar surface area (TPSA) is 80.3 Å². The van der Waals surface area contributed by atoms with Gasteiger partial charge in [-0.05, 0) is 70.8 Å². The Morgan fingerprint density at radius 2 is 1.00 bits per heavy atom. The molecule has 8 heteroatoms. The number of ether oxygens (including phenoxy) is 5. The third kappa shape index (κ3) is 7.48. The van der Waals surface area contributed by atoms with E-state index in [1.54, 1.807) is 14.2 Å². The third-order valence-corrected chi connectivity index (χ3v) is 9.10. The minimum absolute atomic E-state index is 0.215. The van der Waals surface area contributed by atoms with Crippen molar-refractivity contribution in [3.05, 3.63) is 64.2 Å². The van der Waals surface area contributed by atoms with Gasteiger partial charge in [0, 0.05) is 39.6 Å². The van der Waals surface area contributed by atoms with Crippen molar-refractivity contribution in [2.45, 2.75) is 77.4 Å². The number of rotatable bonds is 3. The maximum atomic E-state index is 13.9. The lowest BCUT2D eigenvalue weighted by Crippen LogP contribution is -2.15. The van der Waals surface area contributed by atoms with Crippen LogP contribution in [0.5, 0.6) is 11.5 Å². The van der Waals surface area contributed by atoms with Crippen molar-refractivity contribution in [1.29, 1.82) is 0 Å². The van der Waals surface area contributed by atoms with Crippen LogP contribution in [0.15, 0.2) is 41.3 Å². The van der Waals surface area contributed by atoms with Gasteiger partial charge >= 0.3 is 0 Å². The molecule has 1 heterocycles. The van der Waals surface area contributed by atoms with Gasteiger partial charge in [-0.25, -0.2) is 8.42 Å². The van der Waals surface area contributed by atoms with Crippen LogP contribution in [0.3, 0.4) is 0 Å². The van der Waals surface area contributed by atoms with E-state index in [4.69, 9.17) is 23.7 Å². The molecule has 0 radical (unpaired) electrons. The number of fused-ring (bicyclic) bond motifs is 8. The summed E-state index contributed by atoms with van der Waals surface area (Å²) in [7, 11) is -0.532. The van der Waals surface area contributed by atoms with Gasteiger partial charge in [0.25, 0.3) is 0 Å². The summed E-state index contributed by atoms with van der Waals surface area (Å²) in [6.07, 6.45) is 1.27. The van der Waals surface area contributed by atoms with E-state index in [9.17, 15) is 8.42 Å². The number of hydrogen-bond donors (Lipinski definition) is 0. The van der Waals surface area contributed by atoms with Crippen LogP contribution in [0.25, 0.3) is 22.3 Å². The number of methoxy groups -OCH3 is 2. The first kappa shape index (κ1) is 34.0. The van der Waals surface area contributed by atoms with Crippen LogP contribution in [-0.2, 0) is 48.1 Å². The Kier molecular flexibility index (Phi) is 10.2. The second-order valence-corrected chi connectivity index (χ2v) is 15.6. The summed E-state index contributed by atoms with van der Waals surface area (Å²) in [5.41, 5.74) is 6.84. The van der Waals surface area contributed by atoms with E-state index in [-0.39, 0.29) is 28.9 Å². The highest BCUT2D eigenvalue weighted by Crippen LogP contribution is 2.47. The molecular weight excluding hydrogens is 576 g/mol. The maximum Gasteiger partial charge on any atom is 0.176 e. The Labute approximate surface area is 263 Å². The summed E-state index contributed by atoms with van der Waals surface area (Å²) in [5, 5.41) is 0. The van der Waals surface area contributed by atoms with Crippen LogP contribution in [-0.4, -0.2) is 55.3 Å². The molecule has 1 aliphatic rings. The second-order valence-electron chi connectivity index (χ2n) is 13.6. The summed E-state index contributed by atoms with van der Waals surface area (Å²) in [4.78, 5) is 0.227. The van der Waals surface area contributed by atoms with Crippen molar-refractivity contribution in [2.75, 3.05) is 46.9 Å². The number of benzene rings is 3. The van der Waals surface area contributed by atoms with Crippen LogP contribution in [0.1, 0.15) is 69.4 Å². The first-order chi connectivity index (χ1) is 20.6. The lowest BCUT2D eigenvalue weighted by Gasteiger charge is -2.27.